The fraction of sp³-hybridized carbons (Fsp3) is 0.316. The zero-order valence-electron chi connectivity index (χ0n) is 15.6. The number of piperazine rings is 1. The summed E-state index contributed by atoms with van der Waals surface area (Å²) in [6.45, 7) is 0.104. The van der Waals surface area contributed by atoms with Gasteiger partial charge in [0, 0.05) is 26.2 Å². The van der Waals surface area contributed by atoms with Crippen LogP contribution in [-0.4, -0.2) is 56.3 Å². The maximum absolute atomic E-state index is 12.7. The number of benzene rings is 2. The molecule has 1 amide bonds. The molecule has 0 aromatic heterocycles. The van der Waals surface area contributed by atoms with Crippen LogP contribution in [0.2, 0.25) is 5.02 Å². The third-order valence-corrected chi connectivity index (χ3v) is 6.82. The van der Waals surface area contributed by atoms with Crippen LogP contribution in [0.4, 0.5) is 13.2 Å². The SMILES string of the molecule is O=C(COc1ccccc1Cl)N1CCN(S(=O)(=O)c2ccc(C(F)(F)F)cc2)CC1. The Morgan fingerprint density at radius 3 is 2.17 bits per heavy atom. The van der Waals surface area contributed by atoms with Crippen LogP contribution in [0.5, 0.6) is 5.75 Å². The van der Waals surface area contributed by atoms with Gasteiger partial charge in [-0.3, -0.25) is 4.79 Å². The molecule has 1 fully saturated rings. The molecule has 30 heavy (non-hydrogen) atoms. The largest absolute Gasteiger partial charge is 0.482 e. The number of carbonyl (C=O) groups excluding carboxylic acids is 1. The molecule has 0 aliphatic carbocycles. The van der Waals surface area contributed by atoms with E-state index in [0.29, 0.717) is 10.8 Å². The highest BCUT2D eigenvalue weighted by atomic mass is 35.5. The van der Waals surface area contributed by atoms with E-state index in [9.17, 15) is 26.4 Å². The van der Waals surface area contributed by atoms with Crippen molar-refractivity contribution in [2.45, 2.75) is 11.1 Å². The number of carbonyl (C=O) groups is 1. The molecule has 1 saturated heterocycles. The summed E-state index contributed by atoms with van der Waals surface area (Å²) in [5.41, 5.74) is -0.921. The highest BCUT2D eigenvalue weighted by molar-refractivity contribution is 7.89. The van der Waals surface area contributed by atoms with Crippen LogP contribution in [0.1, 0.15) is 5.56 Å². The highest BCUT2D eigenvalue weighted by Gasteiger charge is 2.33. The molecule has 0 spiro atoms. The van der Waals surface area contributed by atoms with E-state index < -0.39 is 21.8 Å². The molecule has 0 saturated carbocycles. The normalized spacial score (nSPS) is 15.8. The number of alkyl halides is 3. The highest BCUT2D eigenvalue weighted by Crippen LogP contribution is 2.30. The Morgan fingerprint density at radius 1 is 1.00 bits per heavy atom. The van der Waals surface area contributed by atoms with Gasteiger partial charge in [-0.05, 0) is 36.4 Å². The molecule has 0 radical (unpaired) electrons. The maximum Gasteiger partial charge on any atom is 0.416 e. The lowest BCUT2D eigenvalue weighted by molar-refractivity contribution is -0.137. The van der Waals surface area contributed by atoms with Crippen molar-refractivity contribution in [3.63, 3.8) is 0 Å². The Kier molecular flexibility index (Phi) is 6.59. The molecule has 1 heterocycles. The molecule has 162 valence electrons. The topological polar surface area (TPSA) is 66.9 Å². The second-order valence-corrected chi connectivity index (χ2v) is 8.87. The zero-order valence-corrected chi connectivity index (χ0v) is 17.2. The van der Waals surface area contributed by atoms with Crippen molar-refractivity contribution >= 4 is 27.5 Å². The number of para-hydroxylation sites is 1. The predicted molar refractivity (Wildman–Crippen MR) is 104 cm³/mol. The number of amides is 1. The Labute approximate surface area is 176 Å². The molecule has 3 rings (SSSR count). The summed E-state index contributed by atoms with van der Waals surface area (Å²) in [6.07, 6.45) is -4.54. The van der Waals surface area contributed by atoms with Gasteiger partial charge < -0.3 is 9.64 Å². The molecular formula is C19H18ClF3N2O4S. The molecule has 2 aromatic carbocycles. The Morgan fingerprint density at radius 2 is 1.60 bits per heavy atom. The first-order valence-electron chi connectivity index (χ1n) is 8.91. The minimum atomic E-state index is -4.54. The van der Waals surface area contributed by atoms with Crippen LogP contribution in [-0.2, 0) is 21.0 Å². The van der Waals surface area contributed by atoms with E-state index in [0.717, 1.165) is 28.6 Å². The number of hydrogen-bond donors (Lipinski definition) is 0. The zero-order chi connectivity index (χ0) is 21.9. The van der Waals surface area contributed by atoms with Crippen molar-refractivity contribution in [2.24, 2.45) is 0 Å². The standard InChI is InChI=1S/C19H18ClF3N2O4S/c20-16-3-1-2-4-17(16)29-13-18(26)24-9-11-25(12-10-24)30(27,28)15-7-5-14(6-8-15)19(21,22)23/h1-8H,9-13H2. The number of rotatable bonds is 5. The van der Waals surface area contributed by atoms with Gasteiger partial charge >= 0.3 is 6.18 Å². The molecule has 2 aromatic rings. The fourth-order valence-electron chi connectivity index (χ4n) is 2.94. The first-order chi connectivity index (χ1) is 14.1. The molecule has 6 nitrogen and oxygen atoms in total. The van der Waals surface area contributed by atoms with Crippen LogP contribution in [0.3, 0.4) is 0 Å². The van der Waals surface area contributed by atoms with E-state index in [1.807, 2.05) is 0 Å². The van der Waals surface area contributed by atoms with E-state index in [4.69, 9.17) is 16.3 Å². The minimum absolute atomic E-state index is 0.0290. The summed E-state index contributed by atoms with van der Waals surface area (Å²) in [5, 5.41) is 0.373. The molecule has 0 unspecified atom stereocenters. The number of halogens is 4. The monoisotopic (exact) mass is 462 g/mol. The van der Waals surface area contributed by atoms with Crippen LogP contribution in [0.15, 0.2) is 53.4 Å². The van der Waals surface area contributed by atoms with Gasteiger partial charge in [0.25, 0.3) is 5.91 Å². The van der Waals surface area contributed by atoms with Crippen molar-refractivity contribution < 1.29 is 31.1 Å². The molecule has 0 N–H and O–H groups in total. The third kappa shape index (κ3) is 5.05. The van der Waals surface area contributed by atoms with Gasteiger partial charge in [-0.2, -0.15) is 17.5 Å². The van der Waals surface area contributed by atoms with Crippen LogP contribution in [0.25, 0.3) is 0 Å². The Balaban J connectivity index is 1.57. The van der Waals surface area contributed by atoms with Crippen molar-refractivity contribution in [1.29, 1.82) is 0 Å². The molecule has 1 aliphatic heterocycles. The Bertz CT molecular complexity index is 1010. The smallest absolute Gasteiger partial charge is 0.416 e. The van der Waals surface area contributed by atoms with Gasteiger partial charge in [0.2, 0.25) is 10.0 Å². The maximum atomic E-state index is 12.7. The lowest BCUT2D eigenvalue weighted by Crippen LogP contribution is -2.51. The van der Waals surface area contributed by atoms with E-state index >= 15 is 0 Å². The van der Waals surface area contributed by atoms with Crippen LogP contribution in [0, 0.1) is 0 Å². The number of ether oxygens (including phenoxy) is 1. The summed E-state index contributed by atoms with van der Waals surface area (Å²) >= 11 is 5.97. The molecular weight excluding hydrogens is 445 g/mol. The minimum Gasteiger partial charge on any atom is -0.482 e. The van der Waals surface area contributed by atoms with E-state index in [1.54, 1.807) is 24.3 Å². The lowest BCUT2D eigenvalue weighted by atomic mass is 10.2. The summed E-state index contributed by atoms with van der Waals surface area (Å²) < 4.78 is 69.9. The van der Waals surface area contributed by atoms with Crippen molar-refractivity contribution in [2.75, 3.05) is 32.8 Å². The van der Waals surface area contributed by atoms with Crippen molar-refractivity contribution in [3.8, 4) is 5.75 Å². The number of hydrogen-bond acceptors (Lipinski definition) is 4. The van der Waals surface area contributed by atoms with Crippen molar-refractivity contribution in [3.05, 3.63) is 59.1 Å². The molecule has 1 aliphatic rings. The number of sulfonamides is 1. The van der Waals surface area contributed by atoms with E-state index in [2.05, 4.69) is 0 Å². The van der Waals surface area contributed by atoms with E-state index in [-0.39, 0.29) is 43.6 Å². The third-order valence-electron chi connectivity index (χ3n) is 4.60. The van der Waals surface area contributed by atoms with Crippen LogP contribution < -0.4 is 4.74 Å². The quantitative estimate of drug-likeness (QED) is 0.684. The van der Waals surface area contributed by atoms with Gasteiger partial charge in [-0.1, -0.05) is 23.7 Å². The second-order valence-electron chi connectivity index (χ2n) is 6.53. The number of nitrogens with zero attached hydrogens (tertiary/aromatic N) is 2. The molecule has 11 heteroatoms. The average molecular weight is 463 g/mol. The molecule has 0 bridgehead atoms. The van der Waals surface area contributed by atoms with Crippen LogP contribution >= 0.6 is 11.6 Å². The lowest BCUT2D eigenvalue weighted by Gasteiger charge is -2.34. The predicted octanol–water partition coefficient (Wildman–Crippen LogP) is 3.27. The van der Waals surface area contributed by atoms with Gasteiger partial charge in [0.15, 0.2) is 6.61 Å². The van der Waals surface area contributed by atoms with Gasteiger partial charge in [0.05, 0.1) is 15.5 Å². The van der Waals surface area contributed by atoms with Gasteiger partial charge in [-0.15, -0.1) is 0 Å². The van der Waals surface area contributed by atoms with Crippen molar-refractivity contribution in [1.82, 2.24) is 9.21 Å². The summed E-state index contributed by atoms with van der Waals surface area (Å²) in [5.74, 6) is 0.0533. The average Bonchev–Trinajstić information content (AvgIpc) is 2.72. The second kappa shape index (κ2) is 8.83. The van der Waals surface area contributed by atoms with Gasteiger partial charge in [0.1, 0.15) is 5.75 Å². The summed E-state index contributed by atoms with van der Waals surface area (Å²) in [6, 6.07) is 10.1. The first kappa shape index (κ1) is 22.4. The first-order valence-corrected chi connectivity index (χ1v) is 10.7. The summed E-state index contributed by atoms with van der Waals surface area (Å²) in [7, 11) is -3.95. The fourth-order valence-corrected chi connectivity index (χ4v) is 4.55. The van der Waals surface area contributed by atoms with Gasteiger partial charge in [-0.25, -0.2) is 8.42 Å². The Hall–Kier alpha value is -2.30. The molecule has 0 atom stereocenters. The van der Waals surface area contributed by atoms with E-state index in [1.165, 1.54) is 4.90 Å². The summed E-state index contributed by atoms with van der Waals surface area (Å²) in [4.78, 5) is 13.6.